The first-order chi connectivity index (χ1) is 14.3. The number of benzene rings is 2. The third-order valence-electron chi connectivity index (χ3n) is 4.83. The zero-order chi connectivity index (χ0) is 18.9. The number of aromatic nitrogens is 2. The molecule has 0 atom stereocenters. The van der Waals surface area contributed by atoms with Crippen LogP contribution in [0.2, 0.25) is 0 Å². The van der Waals surface area contributed by atoms with E-state index in [4.69, 9.17) is 9.97 Å². The lowest BCUT2D eigenvalue weighted by Crippen LogP contribution is -1.68. The van der Waals surface area contributed by atoms with Crippen molar-refractivity contribution < 1.29 is 0 Å². The number of hydrogen-bond donors (Lipinski definition) is 0. The van der Waals surface area contributed by atoms with Crippen molar-refractivity contribution in [2.45, 2.75) is 0 Å². The highest BCUT2D eigenvalue weighted by molar-refractivity contribution is 7.41. The van der Waals surface area contributed by atoms with Crippen LogP contribution < -0.4 is 0 Å². The number of hydrogen-bond acceptors (Lipinski definition) is 7. The number of thiazole rings is 2. The Morgan fingerprint density at radius 2 is 0.966 bits per heavy atom. The molecule has 138 valence electrons. The summed E-state index contributed by atoms with van der Waals surface area (Å²) in [5, 5.41) is 2.24. The van der Waals surface area contributed by atoms with E-state index in [2.05, 4.69) is 60.7 Å². The van der Waals surface area contributed by atoms with Crippen LogP contribution in [0.1, 0.15) is 0 Å². The van der Waals surface area contributed by atoms with Gasteiger partial charge in [-0.3, -0.25) is 0 Å². The Morgan fingerprint density at radius 1 is 0.483 bits per heavy atom. The fourth-order valence-corrected chi connectivity index (χ4v) is 9.55. The molecule has 0 spiro atoms. The summed E-state index contributed by atoms with van der Waals surface area (Å²) in [6.07, 6.45) is 0. The second-order valence-electron chi connectivity index (χ2n) is 6.68. The maximum atomic E-state index is 4.84. The van der Waals surface area contributed by atoms with E-state index >= 15 is 0 Å². The van der Waals surface area contributed by atoms with Crippen molar-refractivity contribution >= 4 is 95.9 Å². The summed E-state index contributed by atoms with van der Waals surface area (Å²) in [6.45, 7) is 0. The first-order valence-electron chi connectivity index (χ1n) is 9.00. The Morgan fingerprint density at radius 3 is 1.45 bits per heavy atom. The molecule has 0 radical (unpaired) electrons. The third-order valence-corrected chi connectivity index (χ3v) is 11.0. The van der Waals surface area contributed by atoms with Gasteiger partial charge in [0.2, 0.25) is 0 Å². The predicted octanol–water partition coefficient (Wildman–Crippen LogP) is 8.73. The van der Waals surface area contributed by atoms with Crippen molar-refractivity contribution in [3.05, 3.63) is 60.7 Å². The Bertz CT molecular complexity index is 1480. The van der Waals surface area contributed by atoms with Crippen molar-refractivity contribution in [2.24, 2.45) is 0 Å². The molecule has 2 nitrogen and oxygen atoms in total. The van der Waals surface area contributed by atoms with Crippen LogP contribution >= 0.6 is 56.7 Å². The average molecular weight is 463 g/mol. The summed E-state index contributed by atoms with van der Waals surface area (Å²) in [7, 11) is 0. The Hall–Kier alpha value is -2.16. The minimum absolute atomic E-state index is 1.09. The predicted molar refractivity (Wildman–Crippen MR) is 132 cm³/mol. The lowest BCUT2D eigenvalue weighted by atomic mass is 10.3. The normalized spacial score (nSPS) is 12.1. The number of para-hydroxylation sites is 2. The summed E-state index contributed by atoms with van der Waals surface area (Å²) in [5.74, 6) is 0. The maximum Gasteiger partial charge on any atom is 0.134 e. The third kappa shape index (κ3) is 2.55. The van der Waals surface area contributed by atoms with Gasteiger partial charge in [0.05, 0.1) is 39.6 Å². The van der Waals surface area contributed by atoms with E-state index in [1.54, 1.807) is 22.7 Å². The van der Waals surface area contributed by atoms with E-state index in [-0.39, 0.29) is 0 Å². The van der Waals surface area contributed by atoms with E-state index in [1.807, 2.05) is 34.0 Å². The molecule has 0 aliphatic rings. The minimum atomic E-state index is 1.09. The molecular weight excluding hydrogens is 453 g/mol. The highest BCUT2D eigenvalue weighted by atomic mass is 32.1. The van der Waals surface area contributed by atoms with Crippen LogP contribution in [0.4, 0.5) is 0 Å². The van der Waals surface area contributed by atoms with Crippen molar-refractivity contribution in [3.8, 4) is 19.8 Å². The van der Waals surface area contributed by atoms with Crippen LogP contribution in [0.3, 0.4) is 0 Å². The highest BCUT2D eigenvalue weighted by Gasteiger charge is 2.17. The van der Waals surface area contributed by atoms with Crippen LogP contribution in [0.15, 0.2) is 60.7 Å². The zero-order valence-electron chi connectivity index (χ0n) is 14.7. The van der Waals surface area contributed by atoms with Crippen molar-refractivity contribution in [2.75, 3.05) is 0 Å². The molecular formula is C22H10N2S5. The molecule has 0 bridgehead atoms. The zero-order valence-corrected chi connectivity index (χ0v) is 18.8. The number of nitrogens with zero attached hydrogens (tertiary/aromatic N) is 2. The Labute approximate surface area is 185 Å². The molecule has 7 aromatic rings. The van der Waals surface area contributed by atoms with Crippen molar-refractivity contribution in [1.82, 2.24) is 9.97 Å². The summed E-state index contributed by atoms with van der Waals surface area (Å²) < 4.78 is 7.99. The Balaban J connectivity index is 1.37. The SMILES string of the molecule is c1ccc2sc(-c3cc4sc5cc(-c6nc7ccccc7s6)sc5c4s3)nc2c1. The standard InChI is InChI=1S/C22H10N2S5/c1-3-7-13-11(5-1)23-21(28-13)17-9-15-19(26-17)20-16(25-15)10-18(27-20)22-24-12-6-2-4-8-14(12)29-22/h1-10H. The fourth-order valence-electron chi connectivity index (χ4n) is 3.50. The second-order valence-corrected chi connectivity index (χ2v) is 11.9. The number of thiophene rings is 3. The van der Waals surface area contributed by atoms with Gasteiger partial charge in [0.25, 0.3) is 0 Å². The minimum Gasteiger partial charge on any atom is -0.235 e. The van der Waals surface area contributed by atoms with Crippen molar-refractivity contribution in [3.63, 3.8) is 0 Å². The van der Waals surface area contributed by atoms with Gasteiger partial charge in [0, 0.05) is 9.40 Å². The molecule has 29 heavy (non-hydrogen) atoms. The van der Waals surface area contributed by atoms with Crippen LogP contribution in [-0.4, -0.2) is 9.97 Å². The first-order valence-corrected chi connectivity index (χ1v) is 13.1. The molecule has 0 saturated heterocycles. The molecule has 0 amide bonds. The molecule has 0 fully saturated rings. The summed E-state index contributed by atoms with van der Waals surface area (Å²) in [4.78, 5) is 12.2. The van der Waals surface area contributed by atoms with Crippen molar-refractivity contribution in [1.29, 1.82) is 0 Å². The second kappa shape index (κ2) is 6.17. The Kier molecular flexibility index (Phi) is 3.53. The average Bonchev–Trinajstić information content (AvgIpc) is 3.50. The molecule has 0 saturated carbocycles. The van der Waals surface area contributed by atoms with E-state index in [0.29, 0.717) is 0 Å². The maximum absolute atomic E-state index is 4.84. The molecule has 0 aliphatic heterocycles. The van der Waals surface area contributed by atoms with Crippen LogP contribution in [0.5, 0.6) is 0 Å². The van der Waals surface area contributed by atoms with Gasteiger partial charge in [-0.05, 0) is 36.4 Å². The van der Waals surface area contributed by atoms with E-state index < -0.39 is 0 Å². The number of fused-ring (bicyclic) bond motifs is 5. The largest absolute Gasteiger partial charge is 0.235 e. The molecule has 7 rings (SSSR count). The molecule has 7 heteroatoms. The molecule has 0 aliphatic carbocycles. The summed E-state index contributed by atoms with van der Waals surface area (Å²) in [6, 6.07) is 21.4. The van der Waals surface area contributed by atoms with Gasteiger partial charge in [-0.2, -0.15) is 0 Å². The van der Waals surface area contributed by atoms with Gasteiger partial charge in [-0.1, -0.05) is 24.3 Å². The molecule has 0 unspecified atom stereocenters. The van der Waals surface area contributed by atoms with Gasteiger partial charge in [-0.25, -0.2) is 9.97 Å². The van der Waals surface area contributed by atoms with Gasteiger partial charge >= 0.3 is 0 Å². The van der Waals surface area contributed by atoms with Crippen LogP contribution in [0, 0.1) is 0 Å². The smallest absolute Gasteiger partial charge is 0.134 e. The van der Waals surface area contributed by atoms with E-state index in [1.165, 1.54) is 38.0 Å². The van der Waals surface area contributed by atoms with Gasteiger partial charge in [0.15, 0.2) is 0 Å². The molecule has 5 aromatic heterocycles. The lowest BCUT2D eigenvalue weighted by molar-refractivity contribution is 1.50. The monoisotopic (exact) mass is 462 g/mol. The van der Waals surface area contributed by atoms with Crippen LogP contribution in [0.25, 0.3) is 59.0 Å². The first kappa shape index (κ1) is 16.6. The fraction of sp³-hybridized carbons (Fsp3) is 0. The summed E-state index contributed by atoms with van der Waals surface area (Å²) >= 11 is 9.17. The quantitative estimate of drug-likeness (QED) is 0.257. The molecule has 2 aromatic carbocycles. The highest BCUT2D eigenvalue weighted by Crippen LogP contribution is 2.49. The van der Waals surface area contributed by atoms with Gasteiger partial charge < -0.3 is 0 Å². The van der Waals surface area contributed by atoms with Crippen LogP contribution in [-0.2, 0) is 0 Å². The van der Waals surface area contributed by atoms with E-state index in [0.717, 1.165) is 21.0 Å². The van der Waals surface area contributed by atoms with Gasteiger partial charge in [0.1, 0.15) is 10.0 Å². The van der Waals surface area contributed by atoms with E-state index in [9.17, 15) is 0 Å². The molecule has 5 heterocycles. The molecule has 0 N–H and O–H groups in total. The van der Waals surface area contributed by atoms with Gasteiger partial charge in [-0.15, -0.1) is 56.7 Å². The number of rotatable bonds is 2. The topological polar surface area (TPSA) is 25.8 Å². The lowest BCUT2D eigenvalue weighted by Gasteiger charge is -1.86. The summed E-state index contributed by atoms with van der Waals surface area (Å²) in [5.41, 5.74) is 2.17.